The molecule has 5 heteroatoms. The Kier molecular flexibility index (Phi) is 3.49. The first kappa shape index (κ1) is 12.7. The van der Waals surface area contributed by atoms with E-state index >= 15 is 0 Å². The van der Waals surface area contributed by atoms with Crippen LogP contribution < -0.4 is 5.32 Å². The molecule has 0 atom stereocenters. The van der Waals surface area contributed by atoms with E-state index in [4.69, 9.17) is 10.5 Å². The van der Waals surface area contributed by atoms with E-state index in [1.54, 1.807) is 29.8 Å². The first-order valence-corrected chi connectivity index (χ1v) is 5.63. The van der Waals surface area contributed by atoms with Gasteiger partial charge in [-0.15, -0.1) is 0 Å². The summed E-state index contributed by atoms with van der Waals surface area (Å²) in [7, 11) is 1.80. The topological polar surface area (TPSA) is 64.5 Å². The van der Waals surface area contributed by atoms with Crippen LogP contribution in [-0.4, -0.2) is 4.57 Å². The largest absolute Gasteiger partial charge is 0.381 e. The molecule has 0 saturated carbocycles. The number of nitrogens with one attached hydrogen (secondary N) is 1. The van der Waals surface area contributed by atoms with Gasteiger partial charge in [0, 0.05) is 25.5 Å². The molecule has 0 saturated heterocycles. The molecule has 0 bridgehead atoms. The number of rotatable bonds is 3. The Morgan fingerprint density at radius 2 is 2.05 bits per heavy atom. The zero-order chi connectivity index (χ0) is 13.8. The summed E-state index contributed by atoms with van der Waals surface area (Å²) in [6.45, 7) is 0.506. The van der Waals surface area contributed by atoms with Crippen LogP contribution in [0.5, 0.6) is 0 Å². The van der Waals surface area contributed by atoms with E-state index in [1.807, 2.05) is 6.20 Å². The summed E-state index contributed by atoms with van der Waals surface area (Å²) in [4.78, 5) is 0. The second-order valence-corrected chi connectivity index (χ2v) is 4.12. The van der Waals surface area contributed by atoms with Crippen LogP contribution in [0.1, 0.15) is 16.8 Å². The quantitative estimate of drug-likeness (QED) is 0.915. The molecular weight excluding hydrogens is 243 g/mol. The van der Waals surface area contributed by atoms with Crippen LogP contribution in [0.15, 0.2) is 30.5 Å². The highest BCUT2D eigenvalue weighted by Gasteiger charge is 2.04. The van der Waals surface area contributed by atoms with Crippen molar-refractivity contribution >= 4 is 5.69 Å². The van der Waals surface area contributed by atoms with Gasteiger partial charge in [0.25, 0.3) is 0 Å². The standard InChI is InChI=1S/C14H11FN4/c1-19-9-10(4-13(19)7-17)8-18-12-2-3-14(15)11(5-12)6-16/h2-5,9,18H,8H2,1H3. The molecule has 0 fully saturated rings. The van der Waals surface area contributed by atoms with Gasteiger partial charge in [0.15, 0.2) is 0 Å². The van der Waals surface area contributed by atoms with Gasteiger partial charge in [0.05, 0.1) is 5.56 Å². The Morgan fingerprint density at radius 1 is 1.26 bits per heavy atom. The van der Waals surface area contributed by atoms with E-state index in [1.165, 1.54) is 12.1 Å². The summed E-state index contributed by atoms with van der Waals surface area (Å²) >= 11 is 0. The van der Waals surface area contributed by atoms with E-state index in [0.29, 0.717) is 17.9 Å². The fraction of sp³-hybridized carbons (Fsp3) is 0.143. The molecule has 19 heavy (non-hydrogen) atoms. The summed E-state index contributed by atoms with van der Waals surface area (Å²) in [5.41, 5.74) is 2.20. The Bertz CT molecular complexity index is 688. The number of aryl methyl sites for hydroxylation is 1. The lowest BCUT2D eigenvalue weighted by Gasteiger charge is -2.05. The third-order valence-corrected chi connectivity index (χ3v) is 2.76. The maximum absolute atomic E-state index is 13.1. The zero-order valence-corrected chi connectivity index (χ0v) is 10.3. The molecule has 1 aromatic heterocycles. The lowest BCUT2D eigenvalue weighted by Crippen LogP contribution is -1.99. The van der Waals surface area contributed by atoms with Gasteiger partial charge in [0.2, 0.25) is 0 Å². The molecule has 0 aliphatic carbocycles. The fourth-order valence-electron chi connectivity index (χ4n) is 1.77. The van der Waals surface area contributed by atoms with Crippen molar-refractivity contribution in [2.75, 3.05) is 5.32 Å². The number of nitriles is 2. The van der Waals surface area contributed by atoms with Gasteiger partial charge in [-0.25, -0.2) is 4.39 Å². The van der Waals surface area contributed by atoms with E-state index in [-0.39, 0.29) is 5.56 Å². The van der Waals surface area contributed by atoms with Crippen molar-refractivity contribution in [3.05, 3.63) is 53.1 Å². The molecule has 1 heterocycles. The zero-order valence-electron chi connectivity index (χ0n) is 10.3. The summed E-state index contributed by atoms with van der Waals surface area (Å²) in [5, 5.41) is 20.7. The van der Waals surface area contributed by atoms with E-state index in [0.717, 1.165) is 5.56 Å². The summed E-state index contributed by atoms with van der Waals surface area (Å²) in [6, 6.07) is 9.95. The average molecular weight is 254 g/mol. The number of anilines is 1. The second-order valence-electron chi connectivity index (χ2n) is 4.12. The van der Waals surface area contributed by atoms with Crippen molar-refractivity contribution in [1.82, 2.24) is 4.57 Å². The maximum atomic E-state index is 13.1. The minimum atomic E-state index is -0.528. The second kappa shape index (κ2) is 5.24. The fourth-order valence-corrected chi connectivity index (χ4v) is 1.77. The molecule has 2 rings (SSSR count). The van der Waals surface area contributed by atoms with Crippen molar-refractivity contribution < 1.29 is 4.39 Å². The van der Waals surface area contributed by atoms with E-state index in [2.05, 4.69) is 11.4 Å². The highest BCUT2D eigenvalue weighted by Crippen LogP contribution is 2.15. The van der Waals surface area contributed by atoms with Crippen molar-refractivity contribution in [3.8, 4) is 12.1 Å². The highest BCUT2D eigenvalue weighted by molar-refractivity contribution is 5.50. The van der Waals surface area contributed by atoms with Gasteiger partial charge in [0.1, 0.15) is 23.6 Å². The molecule has 0 unspecified atom stereocenters. The lowest BCUT2D eigenvalue weighted by atomic mass is 10.2. The number of hydrogen-bond donors (Lipinski definition) is 1. The van der Waals surface area contributed by atoms with E-state index in [9.17, 15) is 4.39 Å². The van der Waals surface area contributed by atoms with Crippen molar-refractivity contribution in [2.24, 2.45) is 7.05 Å². The molecule has 4 nitrogen and oxygen atoms in total. The summed E-state index contributed by atoms with van der Waals surface area (Å²) < 4.78 is 14.9. The maximum Gasteiger partial charge on any atom is 0.141 e. The van der Waals surface area contributed by atoms with Gasteiger partial charge in [-0.05, 0) is 29.8 Å². The summed E-state index contributed by atoms with van der Waals surface area (Å²) in [5.74, 6) is -0.528. The minimum absolute atomic E-state index is 0.00998. The predicted octanol–water partition coefficient (Wildman–Crippen LogP) is 2.52. The highest BCUT2D eigenvalue weighted by atomic mass is 19.1. The SMILES string of the molecule is Cn1cc(CNc2ccc(F)c(C#N)c2)cc1C#N. The molecule has 0 aliphatic rings. The van der Waals surface area contributed by atoms with Gasteiger partial charge in [-0.2, -0.15) is 10.5 Å². The molecule has 1 aromatic carbocycles. The first-order chi connectivity index (χ1) is 9.13. The Labute approximate surface area is 110 Å². The predicted molar refractivity (Wildman–Crippen MR) is 68.6 cm³/mol. The van der Waals surface area contributed by atoms with Gasteiger partial charge < -0.3 is 9.88 Å². The lowest BCUT2D eigenvalue weighted by molar-refractivity contribution is 0.624. The third-order valence-electron chi connectivity index (χ3n) is 2.76. The van der Waals surface area contributed by atoms with Crippen molar-refractivity contribution in [1.29, 1.82) is 10.5 Å². The van der Waals surface area contributed by atoms with Crippen LogP contribution in [0.4, 0.5) is 10.1 Å². The molecule has 0 spiro atoms. The van der Waals surface area contributed by atoms with Gasteiger partial charge >= 0.3 is 0 Å². The Morgan fingerprint density at radius 3 is 2.68 bits per heavy atom. The van der Waals surface area contributed by atoms with E-state index < -0.39 is 5.82 Å². The van der Waals surface area contributed by atoms with Crippen LogP contribution in [0.25, 0.3) is 0 Å². The molecule has 0 radical (unpaired) electrons. The number of halogens is 1. The average Bonchev–Trinajstić information content (AvgIpc) is 2.78. The van der Waals surface area contributed by atoms with Crippen LogP contribution in [0.3, 0.4) is 0 Å². The number of hydrogen-bond acceptors (Lipinski definition) is 3. The molecular formula is C14H11FN4. The monoisotopic (exact) mass is 254 g/mol. The number of nitrogens with zero attached hydrogens (tertiary/aromatic N) is 3. The number of aromatic nitrogens is 1. The van der Waals surface area contributed by atoms with Crippen molar-refractivity contribution in [2.45, 2.75) is 6.54 Å². The summed E-state index contributed by atoms with van der Waals surface area (Å²) in [6.07, 6.45) is 1.85. The Hall–Kier alpha value is -2.79. The van der Waals surface area contributed by atoms with Gasteiger partial charge in [-0.3, -0.25) is 0 Å². The number of benzene rings is 1. The Balaban J connectivity index is 2.11. The first-order valence-electron chi connectivity index (χ1n) is 5.63. The molecule has 2 aromatic rings. The molecule has 1 N–H and O–H groups in total. The van der Waals surface area contributed by atoms with Crippen LogP contribution >= 0.6 is 0 Å². The molecule has 0 amide bonds. The smallest absolute Gasteiger partial charge is 0.141 e. The van der Waals surface area contributed by atoms with Crippen LogP contribution in [0, 0.1) is 28.5 Å². The van der Waals surface area contributed by atoms with Crippen LogP contribution in [-0.2, 0) is 13.6 Å². The molecule has 94 valence electrons. The van der Waals surface area contributed by atoms with Crippen molar-refractivity contribution in [3.63, 3.8) is 0 Å². The minimum Gasteiger partial charge on any atom is -0.381 e. The van der Waals surface area contributed by atoms with Gasteiger partial charge in [-0.1, -0.05) is 0 Å². The van der Waals surface area contributed by atoms with Crippen LogP contribution in [0.2, 0.25) is 0 Å². The third kappa shape index (κ3) is 2.72. The normalized spacial score (nSPS) is 9.68. The molecule has 0 aliphatic heterocycles.